The summed E-state index contributed by atoms with van der Waals surface area (Å²) in [5.41, 5.74) is 2.23. The Morgan fingerprint density at radius 2 is 1.64 bits per heavy atom. The fourth-order valence-corrected chi connectivity index (χ4v) is 4.11. The van der Waals surface area contributed by atoms with Crippen molar-refractivity contribution in [2.45, 2.75) is 25.3 Å². The number of hydrogen-bond acceptors (Lipinski definition) is 2. The summed E-state index contributed by atoms with van der Waals surface area (Å²) in [7, 11) is 0. The number of nitrogens with one attached hydrogen (secondary N) is 2. The van der Waals surface area contributed by atoms with Gasteiger partial charge in [0, 0.05) is 30.4 Å². The van der Waals surface area contributed by atoms with Gasteiger partial charge in [0.2, 0.25) is 0 Å². The van der Waals surface area contributed by atoms with Crippen LogP contribution in [-0.4, -0.2) is 36.0 Å². The first kappa shape index (κ1) is 22.5. The summed E-state index contributed by atoms with van der Waals surface area (Å²) in [5.74, 6) is -0.966. The van der Waals surface area contributed by atoms with Gasteiger partial charge in [-0.3, -0.25) is 4.79 Å². The van der Waals surface area contributed by atoms with Crippen LogP contribution in [0.2, 0.25) is 0 Å². The number of likely N-dealkylation sites (tertiary alicyclic amines) is 1. The van der Waals surface area contributed by atoms with Crippen LogP contribution < -0.4 is 10.6 Å². The minimum Gasteiger partial charge on any atom is -0.336 e. The predicted molar refractivity (Wildman–Crippen MR) is 124 cm³/mol. The topological polar surface area (TPSA) is 61.4 Å². The largest absolute Gasteiger partial charge is 0.336 e. The maximum atomic E-state index is 14.0. The summed E-state index contributed by atoms with van der Waals surface area (Å²) >= 11 is 0. The van der Waals surface area contributed by atoms with Crippen molar-refractivity contribution in [1.82, 2.24) is 10.2 Å². The summed E-state index contributed by atoms with van der Waals surface area (Å²) in [6, 6.07) is 18.4. The second-order valence-electron chi connectivity index (χ2n) is 8.05. The van der Waals surface area contributed by atoms with E-state index in [4.69, 9.17) is 0 Å². The van der Waals surface area contributed by atoms with Crippen molar-refractivity contribution < 1.29 is 18.4 Å². The molecule has 0 radical (unpaired) electrons. The van der Waals surface area contributed by atoms with Gasteiger partial charge in [0.25, 0.3) is 5.91 Å². The average Bonchev–Trinajstić information content (AvgIpc) is 2.84. The lowest BCUT2D eigenvalue weighted by molar-refractivity contribution is 0.0616. The van der Waals surface area contributed by atoms with Crippen LogP contribution in [-0.2, 0) is 0 Å². The maximum absolute atomic E-state index is 14.0. The van der Waals surface area contributed by atoms with Crippen LogP contribution in [0, 0.1) is 11.6 Å². The van der Waals surface area contributed by atoms with E-state index in [2.05, 4.69) is 10.6 Å². The Morgan fingerprint density at radius 1 is 0.909 bits per heavy atom. The number of piperidine rings is 1. The first-order valence-electron chi connectivity index (χ1n) is 11.0. The molecule has 0 saturated carbocycles. The van der Waals surface area contributed by atoms with E-state index < -0.39 is 11.8 Å². The molecule has 4 rings (SSSR count). The molecule has 1 heterocycles. The van der Waals surface area contributed by atoms with Crippen LogP contribution in [0.5, 0.6) is 0 Å². The lowest BCUT2D eigenvalue weighted by atomic mass is 9.96. The molecule has 1 aliphatic heterocycles. The van der Waals surface area contributed by atoms with Crippen molar-refractivity contribution in [3.05, 3.63) is 90.0 Å². The van der Waals surface area contributed by atoms with Crippen LogP contribution in [0.15, 0.2) is 72.8 Å². The van der Waals surface area contributed by atoms with E-state index in [0.717, 1.165) is 24.8 Å². The van der Waals surface area contributed by atoms with Crippen molar-refractivity contribution in [3.8, 4) is 11.1 Å². The van der Waals surface area contributed by atoms with Gasteiger partial charge in [-0.25, -0.2) is 13.6 Å². The average molecular weight is 450 g/mol. The number of nitrogens with zero attached hydrogens (tertiary/aromatic N) is 1. The lowest BCUT2D eigenvalue weighted by Crippen LogP contribution is -2.50. The Balaban J connectivity index is 1.48. The van der Waals surface area contributed by atoms with E-state index in [1.807, 2.05) is 30.3 Å². The first-order chi connectivity index (χ1) is 16.0. The van der Waals surface area contributed by atoms with Crippen molar-refractivity contribution >= 4 is 17.6 Å². The van der Waals surface area contributed by atoms with E-state index in [0.29, 0.717) is 23.4 Å². The number of carbonyl (C=O) groups is 2. The molecule has 0 bridgehead atoms. The van der Waals surface area contributed by atoms with Crippen LogP contribution in [0.1, 0.15) is 29.6 Å². The van der Waals surface area contributed by atoms with E-state index in [9.17, 15) is 18.4 Å². The van der Waals surface area contributed by atoms with Gasteiger partial charge in [-0.2, -0.15) is 0 Å². The van der Waals surface area contributed by atoms with Gasteiger partial charge >= 0.3 is 6.03 Å². The number of benzene rings is 3. The molecular formula is C26H25F2N3O2. The minimum absolute atomic E-state index is 0.181. The van der Waals surface area contributed by atoms with Gasteiger partial charge in [0.05, 0.1) is 0 Å². The highest BCUT2D eigenvalue weighted by Gasteiger charge is 2.29. The van der Waals surface area contributed by atoms with E-state index in [-0.39, 0.29) is 24.3 Å². The fourth-order valence-electron chi connectivity index (χ4n) is 4.11. The molecule has 0 spiro atoms. The zero-order valence-electron chi connectivity index (χ0n) is 18.1. The smallest absolute Gasteiger partial charge is 0.319 e. The number of halogens is 2. The van der Waals surface area contributed by atoms with Crippen LogP contribution in [0.4, 0.5) is 19.3 Å². The summed E-state index contributed by atoms with van der Waals surface area (Å²) in [6.45, 7) is 0.844. The highest BCUT2D eigenvalue weighted by molar-refractivity contribution is 6.01. The van der Waals surface area contributed by atoms with Gasteiger partial charge in [0.1, 0.15) is 11.6 Å². The van der Waals surface area contributed by atoms with Crippen LogP contribution in [0.3, 0.4) is 0 Å². The molecule has 0 aromatic heterocycles. The van der Waals surface area contributed by atoms with Gasteiger partial charge < -0.3 is 15.5 Å². The van der Waals surface area contributed by atoms with Crippen LogP contribution in [0.25, 0.3) is 11.1 Å². The summed E-state index contributed by atoms with van der Waals surface area (Å²) < 4.78 is 27.1. The molecule has 7 heteroatoms. The van der Waals surface area contributed by atoms with Crippen molar-refractivity contribution in [2.24, 2.45) is 0 Å². The van der Waals surface area contributed by atoms with Gasteiger partial charge in [0.15, 0.2) is 0 Å². The zero-order chi connectivity index (χ0) is 23.2. The molecular weight excluding hydrogens is 424 g/mol. The summed E-state index contributed by atoms with van der Waals surface area (Å²) in [4.78, 5) is 27.6. The van der Waals surface area contributed by atoms with E-state index in [1.54, 1.807) is 4.90 Å². The molecule has 2 N–H and O–H groups in total. The highest BCUT2D eigenvalue weighted by Crippen LogP contribution is 2.28. The van der Waals surface area contributed by atoms with Gasteiger partial charge in [-0.1, -0.05) is 30.3 Å². The van der Waals surface area contributed by atoms with E-state index in [1.165, 1.54) is 42.5 Å². The lowest BCUT2D eigenvalue weighted by Gasteiger charge is -2.36. The second-order valence-corrected chi connectivity index (χ2v) is 8.05. The SMILES string of the molecule is O=C(NCC1CCCCN1C(=O)c1ccc(F)cc1-c1ccccc1)Nc1ccc(F)cc1. The Bertz CT molecular complexity index is 1120. The predicted octanol–water partition coefficient (Wildman–Crippen LogP) is 5.45. The van der Waals surface area contributed by atoms with Gasteiger partial charge in [-0.15, -0.1) is 0 Å². The Labute approximate surface area is 191 Å². The molecule has 0 aliphatic carbocycles. The molecule has 1 saturated heterocycles. The number of rotatable bonds is 5. The third-order valence-corrected chi connectivity index (χ3v) is 5.79. The molecule has 1 unspecified atom stereocenters. The van der Waals surface area contributed by atoms with E-state index >= 15 is 0 Å². The number of anilines is 1. The molecule has 1 fully saturated rings. The quantitative estimate of drug-likeness (QED) is 0.544. The third-order valence-electron chi connectivity index (χ3n) is 5.79. The van der Waals surface area contributed by atoms with Crippen molar-refractivity contribution in [1.29, 1.82) is 0 Å². The first-order valence-corrected chi connectivity index (χ1v) is 11.0. The summed E-state index contributed by atoms with van der Waals surface area (Å²) in [5, 5.41) is 5.47. The monoisotopic (exact) mass is 449 g/mol. The van der Waals surface area contributed by atoms with Crippen molar-refractivity contribution in [2.75, 3.05) is 18.4 Å². The number of hydrogen-bond donors (Lipinski definition) is 2. The molecule has 3 aromatic carbocycles. The zero-order valence-corrected chi connectivity index (χ0v) is 18.1. The summed E-state index contributed by atoms with van der Waals surface area (Å²) in [6.07, 6.45) is 2.57. The minimum atomic E-state index is -0.425. The van der Waals surface area contributed by atoms with Crippen molar-refractivity contribution in [3.63, 3.8) is 0 Å². The molecule has 1 aliphatic rings. The maximum Gasteiger partial charge on any atom is 0.319 e. The number of carbonyl (C=O) groups excluding carboxylic acids is 2. The molecule has 3 amide bonds. The fraction of sp³-hybridized carbons (Fsp3) is 0.231. The Kier molecular flexibility index (Phi) is 6.98. The second kappa shape index (κ2) is 10.3. The number of urea groups is 1. The normalized spacial score (nSPS) is 15.7. The molecule has 3 aromatic rings. The Hall–Kier alpha value is -3.74. The van der Waals surface area contributed by atoms with Crippen LogP contribution >= 0.6 is 0 Å². The Morgan fingerprint density at radius 3 is 2.39 bits per heavy atom. The molecule has 1 atom stereocenters. The molecule has 33 heavy (non-hydrogen) atoms. The third kappa shape index (κ3) is 5.55. The number of amides is 3. The molecule has 5 nitrogen and oxygen atoms in total. The highest BCUT2D eigenvalue weighted by atomic mass is 19.1. The standard InChI is InChI=1S/C26H25F2N3O2/c27-19-9-12-21(13-10-19)30-26(33)29-17-22-8-4-5-15-31(22)25(32)23-14-11-20(28)16-24(23)18-6-2-1-3-7-18/h1-3,6-7,9-14,16,22H,4-5,8,15,17H2,(H2,29,30,33). The molecule has 170 valence electrons. The van der Waals surface area contributed by atoms with Gasteiger partial charge in [-0.05, 0) is 72.9 Å².